The Morgan fingerprint density at radius 1 is 1.12 bits per heavy atom. The second-order valence-electron chi connectivity index (χ2n) is 5.30. The van der Waals surface area contributed by atoms with E-state index in [1.807, 2.05) is 30.3 Å². The summed E-state index contributed by atoms with van der Waals surface area (Å²) in [5, 5.41) is 0. The van der Waals surface area contributed by atoms with Crippen LogP contribution in [0.2, 0.25) is 0 Å². The number of hydrogen-bond donors (Lipinski definition) is 1. The van der Waals surface area contributed by atoms with Crippen LogP contribution in [0, 0.1) is 0 Å². The smallest absolute Gasteiger partial charge is 0.139 e. The molecular weight excluding hydrogens is 210 g/mol. The molecule has 0 amide bonds. The van der Waals surface area contributed by atoms with Gasteiger partial charge in [0.05, 0.1) is 0 Å². The van der Waals surface area contributed by atoms with Gasteiger partial charge in [-0.25, -0.2) is 0 Å². The Kier molecular flexibility index (Phi) is 3.95. The number of hydrogen-bond acceptors (Lipinski definition) is 2. The predicted octanol–water partition coefficient (Wildman–Crippen LogP) is 2.85. The molecule has 0 aliphatic heterocycles. The maximum absolute atomic E-state index is 12.0. The second kappa shape index (κ2) is 5.46. The van der Waals surface area contributed by atoms with E-state index < -0.39 is 0 Å². The number of benzene rings is 1. The molecule has 0 aromatic heterocycles. The van der Waals surface area contributed by atoms with Crippen molar-refractivity contribution in [3.05, 3.63) is 35.9 Å². The van der Waals surface area contributed by atoms with Crippen LogP contribution in [-0.2, 0) is 11.2 Å². The second-order valence-corrected chi connectivity index (χ2v) is 5.30. The molecule has 2 rings (SSSR count). The molecule has 1 aromatic carbocycles. The third kappa shape index (κ3) is 3.67. The summed E-state index contributed by atoms with van der Waals surface area (Å²) in [6.07, 6.45) is 6.71. The Morgan fingerprint density at radius 2 is 1.76 bits per heavy atom. The number of rotatable bonds is 4. The van der Waals surface area contributed by atoms with Crippen molar-refractivity contribution in [2.75, 3.05) is 0 Å². The molecule has 0 radical (unpaired) electrons. The van der Waals surface area contributed by atoms with E-state index in [9.17, 15) is 4.79 Å². The first-order valence-corrected chi connectivity index (χ1v) is 6.52. The lowest BCUT2D eigenvalue weighted by molar-refractivity contribution is -0.119. The molecule has 1 fully saturated rings. The van der Waals surface area contributed by atoms with Gasteiger partial charge in [-0.05, 0) is 18.4 Å². The van der Waals surface area contributed by atoms with Gasteiger partial charge in [0.1, 0.15) is 5.78 Å². The number of Topliss-reactive ketones (excluding diaryl/α,β-unsaturated/α-hetero) is 1. The van der Waals surface area contributed by atoms with Gasteiger partial charge in [0.2, 0.25) is 0 Å². The molecule has 92 valence electrons. The van der Waals surface area contributed by atoms with Crippen LogP contribution in [0.4, 0.5) is 0 Å². The summed E-state index contributed by atoms with van der Waals surface area (Å²) in [7, 11) is 0. The topological polar surface area (TPSA) is 43.1 Å². The Labute approximate surface area is 103 Å². The maximum Gasteiger partial charge on any atom is 0.139 e. The maximum atomic E-state index is 12.0. The number of carbonyl (C=O) groups excluding carboxylic acids is 1. The zero-order chi connectivity index (χ0) is 12.1. The van der Waals surface area contributed by atoms with Crippen LogP contribution < -0.4 is 5.73 Å². The molecule has 0 spiro atoms. The fraction of sp³-hybridized carbons (Fsp3) is 0.533. The molecule has 2 heteroatoms. The number of nitrogens with two attached hydrogens (primary N) is 1. The molecule has 0 bridgehead atoms. The van der Waals surface area contributed by atoms with E-state index in [2.05, 4.69) is 0 Å². The van der Waals surface area contributed by atoms with E-state index in [1.165, 1.54) is 19.3 Å². The van der Waals surface area contributed by atoms with Crippen LogP contribution in [0.1, 0.15) is 44.1 Å². The van der Waals surface area contributed by atoms with Gasteiger partial charge in [0, 0.05) is 18.4 Å². The summed E-state index contributed by atoms with van der Waals surface area (Å²) in [4.78, 5) is 12.0. The molecule has 0 atom stereocenters. The van der Waals surface area contributed by atoms with Crippen molar-refractivity contribution in [1.82, 2.24) is 0 Å². The van der Waals surface area contributed by atoms with E-state index in [0.29, 0.717) is 12.8 Å². The van der Waals surface area contributed by atoms with Gasteiger partial charge in [0.15, 0.2) is 0 Å². The lowest BCUT2D eigenvalue weighted by atomic mass is 9.78. The molecule has 1 aliphatic rings. The monoisotopic (exact) mass is 231 g/mol. The van der Waals surface area contributed by atoms with Crippen LogP contribution in [0.3, 0.4) is 0 Å². The van der Waals surface area contributed by atoms with Crippen LogP contribution in [-0.4, -0.2) is 11.3 Å². The largest absolute Gasteiger partial charge is 0.325 e. The van der Waals surface area contributed by atoms with Gasteiger partial charge in [-0.2, -0.15) is 0 Å². The third-order valence-electron chi connectivity index (χ3n) is 3.64. The first-order chi connectivity index (χ1) is 8.18. The highest BCUT2D eigenvalue weighted by molar-refractivity contribution is 5.82. The van der Waals surface area contributed by atoms with E-state index >= 15 is 0 Å². The average Bonchev–Trinajstić information content (AvgIpc) is 2.30. The molecule has 0 heterocycles. The Bertz CT molecular complexity index is 366. The SMILES string of the molecule is NC1(CC(=O)Cc2ccccc2)CCCCC1. The fourth-order valence-corrected chi connectivity index (χ4v) is 2.71. The molecule has 0 unspecified atom stereocenters. The third-order valence-corrected chi connectivity index (χ3v) is 3.64. The lowest BCUT2D eigenvalue weighted by Gasteiger charge is -2.32. The van der Waals surface area contributed by atoms with Gasteiger partial charge in [-0.15, -0.1) is 0 Å². The van der Waals surface area contributed by atoms with Crippen molar-refractivity contribution in [1.29, 1.82) is 0 Å². The Morgan fingerprint density at radius 3 is 2.41 bits per heavy atom. The average molecular weight is 231 g/mol. The molecular formula is C15H21NO. The molecule has 2 nitrogen and oxygen atoms in total. The van der Waals surface area contributed by atoms with E-state index in [0.717, 1.165) is 18.4 Å². The van der Waals surface area contributed by atoms with Gasteiger partial charge in [-0.3, -0.25) is 4.79 Å². The zero-order valence-electron chi connectivity index (χ0n) is 10.3. The number of carbonyl (C=O) groups is 1. The minimum atomic E-state index is -0.218. The fourth-order valence-electron chi connectivity index (χ4n) is 2.71. The highest BCUT2D eigenvalue weighted by Crippen LogP contribution is 2.29. The van der Waals surface area contributed by atoms with Crippen molar-refractivity contribution < 1.29 is 4.79 Å². The van der Waals surface area contributed by atoms with Gasteiger partial charge in [0.25, 0.3) is 0 Å². The first-order valence-electron chi connectivity index (χ1n) is 6.52. The van der Waals surface area contributed by atoms with Crippen LogP contribution in [0.25, 0.3) is 0 Å². The van der Waals surface area contributed by atoms with Gasteiger partial charge < -0.3 is 5.73 Å². The minimum Gasteiger partial charge on any atom is -0.325 e. The summed E-state index contributed by atoms with van der Waals surface area (Å²) < 4.78 is 0. The van der Waals surface area contributed by atoms with Crippen molar-refractivity contribution >= 4 is 5.78 Å². The molecule has 2 N–H and O–H groups in total. The Balaban J connectivity index is 1.88. The zero-order valence-corrected chi connectivity index (χ0v) is 10.3. The molecule has 17 heavy (non-hydrogen) atoms. The van der Waals surface area contributed by atoms with Crippen LogP contribution >= 0.6 is 0 Å². The van der Waals surface area contributed by atoms with Crippen LogP contribution in [0.15, 0.2) is 30.3 Å². The normalized spacial score (nSPS) is 18.9. The lowest BCUT2D eigenvalue weighted by Crippen LogP contribution is -2.43. The number of ketones is 1. The molecule has 1 saturated carbocycles. The molecule has 0 saturated heterocycles. The predicted molar refractivity (Wildman–Crippen MR) is 69.8 cm³/mol. The van der Waals surface area contributed by atoms with Crippen LogP contribution in [0.5, 0.6) is 0 Å². The van der Waals surface area contributed by atoms with Gasteiger partial charge in [-0.1, -0.05) is 49.6 Å². The first kappa shape index (κ1) is 12.3. The highest BCUT2D eigenvalue weighted by atomic mass is 16.1. The minimum absolute atomic E-state index is 0.218. The molecule has 1 aliphatic carbocycles. The van der Waals surface area contributed by atoms with Gasteiger partial charge >= 0.3 is 0 Å². The Hall–Kier alpha value is -1.15. The highest BCUT2D eigenvalue weighted by Gasteiger charge is 2.29. The van der Waals surface area contributed by atoms with E-state index in [1.54, 1.807) is 0 Å². The van der Waals surface area contributed by atoms with E-state index in [4.69, 9.17) is 5.73 Å². The summed E-state index contributed by atoms with van der Waals surface area (Å²) in [5.74, 6) is 0.278. The summed E-state index contributed by atoms with van der Waals surface area (Å²) in [6.45, 7) is 0. The summed E-state index contributed by atoms with van der Waals surface area (Å²) in [6, 6.07) is 9.92. The van der Waals surface area contributed by atoms with Crippen molar-refractivity contribution in [2.24, 2.45) is 5.73 Å². The van der Waals surface area contributed by atoms with Crippen molar-refractivity contribution in [2.45, 2.75) is 50.5 Å². The molecule has 1 aromatic rings. The summed E-state index contributed by atoms with van der Waals surface area (Å²) >= 11 is 0. The summed E-state index contributed by atoms with van der Waals surface area (Å²) in [5.41, 5.74) is 7.17. The van der Waals surface area contributed by atoms with Crippen molar-refractivity contribution in [3.63, 3.8) is 0 Å². The van der Waals surface area contributed by atoms with E-state index in [-0.39, 0.29) is 11.3 Å². The quantitative estimate of drug-likeness (QED) is 0.866. The standard InChI is InChI=1S/C15H21NO/c16-15(9-5-2-6-10-15)12-14(17)11-13-7-3-1-4-8-13/h1,3-4,7-8H,2,5-6,9-12,16H2. The van der Waals surface area contributed by atoms with Crippen molar-refractivity contribution in [3.8, 4) is 0 Å².